The molecule has 0 aliphatic heterocycles. The zero-order valence-electron chi connectivity index (χ0n) is 7.15. The molecule has 0 unspecified atom stereocenters. The summed E-state index contributed by atoms with van der Waals surface area (Å²) in [5.41, 5.74) is 5.17. The van der Waals surface area contributed by atoms with Gasteiger partial charge in [-0.05, 0) is 12.1 Å². The third-order valence-electron chi connectivity index (χ3n) is 1.14. The lowest BCUT2D eigenvalue weighted by molar-refractivity contribution is -0.274. The molecule has 8 heteroatoms. The Morgan fingerprint density at radius 3 is 1.87 bits per heavy atom. The summed E-state index contributed by atoms with van der Waals surface area (Å²) >= 11 is 0. The van der Waals surface area contributed by atoms with Gasteiger partial charge in [0.25, 0.3) is 0 Å². The van der Waals surface area contributed by atoms with Crippen molar-refractivity contribution in [2.75, 3.05) is 5.73 Å². The molecule has 0 heterocycles. The Morgan fingerprint density at radius 2 is 1.47 bits per heavy atom. The van der Waals surface area contributed by atoms with Crippen LogP contribution in [-0.4, -0.2) is 6.36 Å². The number of nitrogen functional groups attached to an aromatic ring is 1. The van der Waals surface area contributed by atoms with Gasteiger partial charge < -0.3 is 10.5 Å². The van der Waals surface area contributed by atoms with Crippen molar-refractivity contribution >= 4 is 42.9 Å². The summed E-state index contributed by atoms with van der Waals surface area (Å²) in [6.07, 6.45) is -4.69. The van der Waals surface area contributed by atoms with Crippen molar-refractivity contribution < 1.29 is 17.9 Å². The second-order valence-corrected chi connectivity index (χ2v) is 2.09. The van der Waals surface area contributed by atoms with Crippen LogP contribution < -0.4 is 10.5 Å². The number of alkyl halides is 3. The SMILES string of the molecule is Cl.Cl.Cl.Nc1ccccc1OC(F)(F)F. The number of rotatable bonds is 1. The van der Waals surface area contributed by atoms with E-state index < -0.39 is 6.36 Å². The Balaban J connectivity index is -0.000000480. The van der Waals surface area contributed by atoms with Crippen LogP contribution in [0.15, 0.2) is 24.3 Å². The van der Waals surface area contributed by atoms with Crippen LogP contribution in [0.25, 0.3) is 0 Å². The molecule has 0 atom stereocenters. The summed E-state index contributed by atoms with van der Waals surface area (Å²) < 4.78 is 38.5. The van der Waals surface area contributed by atoms with Crippen LogP contribution in [0.5, 0.6) is 5.75 Å². The van der Waals surface area contributed by atoms with E-state index in [1.54, 1.807) is 0 Å². The van der Waals surface area contributed by atoms with Crippen molar-refractivity contribution in [1.82, 2.24) is 0 Å². The van der Waals surface area contributed by atoms with Gasteiger partial charge in [0.2, 0.25) is 0 Å². The Labute approximate surface area is 103 Å². The average molecular weight is 287 g/mol. The number of hydrogen-bond donors (Lipinski definition) is 1. The van der Waals surface area contributed by atoms with Crippen molar-refractivity contribution in [1.29, 1.82) is 0 Å². The number of anilines is 1. The summed E-state index contributed by atoms with van der Waals surface area (Å²) in [6.45, 7) is 0. The van der Waals surface area contributed by atoms with Gasteiger partial charge in [-0.15, -0.1) is 50.4 Å². The molecule has 90 valence electrons. The van der Waals surface area contributed by atoms with Gasteiger partial charge in [0, 0.05) is 0 Å². The number of para-hydroxylation sites is 2. The van der Waals surface area contributed by atoms with Crippen molar-refractivity contribution in [2.45, 2.75) is 6.36 Å². The molecular weight excluding hydrogens is 277 g/mol. The molecule has 0 aliphatic carbocycles. The molecule has 1 aromatic carbocycles. The van der Waals surface area contributed by atoms with Crippen LogP contribution >= 0.6 is 37.2 Å². The zero-order valence-corrected chi connectivity index (χ0v) is 9.60. The predicted octanol–water partition coefficient (Wildman–Crippen LogP) is 3.43. The van der Waals surface area contributed by atoms with E-state index in [0.29, 0.717) is 0 Å². The predicted molar refractivity (Wildman–Crippen MR) is 59.3 cm³/mol. The van der Waals surface area contributed by atoms with Gasteiger partial charge in [-0.2, -0.15) is 0 Å². The standard InChI is InChI=1S/C7H6F3NO.3ClH/c8-7(9,10)12-6-4-2-1-3-5(6)11;;;/h1-4H,11H2;3*1H. The highest BCUT2D eigenvalue weighted by Gasteiger charge is 2.31. The molecule has 0 radical (unpaired) electrons. The smallest absolute Gasteiger partial charge is 0.404 e. The average Bonchev–Trinajstić information content (AvgIpc) is 1.91. The number of ether oxygens (including phenoxy) is 1. The van der Waals surface area contributed by atoms with Crippen molar-refractivity contribution in [3.8, 4) is 5.75 Å². The molecule has 0 saturated heterocycles. The minimum absolute atomic E-state index is 0. The van der Waals surface area contributed by atoms with Crippen LogP contribution in [-0.2, 0) is 0 Å². The Morgan fingerprint density at radius 1 is 1.00 bits per heavy atom. The first-order chi connectivity index (χ1) is 5.49. The van der Waals surface area contributed by atoms with Gasteiger partial charge in [0.15, 0.2) is 5.75 Å². The van der Waals surface area contributed by atoms with Crippen LogP contribution in [0.3, 0.4) is 0 Å². The molecule has 1 rings (SSSR count). The Hall–Kier alpha value is -0.520. The van der Waals surface area contributed by atoms with E-state index in [1.165, 1.54) is 18.2 Å². The molecule has 2 N–H and O–H groups in total. The number of hydrogen-bond acceptors (Lipinski definition) is 2. The molecule has 0 spiro atoms. The quantitative estimate of drug-likeness (QED) is 0.803. The molecular formula is C7H9Cl3F3NO. The van der Waals surface area contributed by atoms with Crippen molar-refractivity contribution in [3.63, 3.8) is 0 Å². The maximum Gasteiger partial charge on any atom is 0.573 e. The largest absolute Gasteiger partial charge is 0.573 e. The molecule has 0 aromatic heterocycles. The molecule has 0 fully saturated rings. The first-order valence-electron chi connectivity index (χ1n) is 3.09. The lowest BCUT2D eigenvalue weighted by Crippen LogP contribution is -2.17. The Bertz CT molecular complexity index is 282. The maximum atomic E-state index is 11.6. The van der Waals surface area contributed by atoms with E-state index in [2.05, 4.69) is 4.74 Å². The fraction of sp³-hybridized carbons (Fsp3) is 0.143. The van der Waals surface area contributed by atoms with E-state index in [0.717, 1.165) is 6.07 Å². The highest BCUT2D eigenvalue weighted by Crippen LogP contribution is 2.27. The number of halogens is 6. The second kappa shape index (κ2) is 7.73. The van der Waals surface area contributed by atoms with Gasteiger partial charge in [0.05, 0.1) is 5.69 Å². The first kappa shape index (κ1) is 20.0. The topological polar surface area (TPSA) is 35.2 Å². The van der Waals surface area contributed by atoms with Gasteiger partial charge in [-0.25, -0.2) is 0 Å². The zero-order chi connectivity index (χ0) is 9.19. The Kier molecular flexibility index (Phi) is 10.3. The van der Waals surface area contributed by atoms with E-state index in [4.69, 9.17) is 5.73 Å². The normalized spacial score (nSPS) is 9.00. The fourth-order valence-electron chi connectivity index (χ4n) is 0.698. The highest BCUT2D eigenvalue weighted by atomic mass is 35.5. The van der Waals surface area contributed by atoms with Gasteiger partial charge in [-0.3, -0.25) is 0 Å². The molecule has 0 aliphatic rings. The van der Waals surface area contributed by atoms with Crippen LogP contribution in [0, 0.1) is 0 Å². The highest BCUT2D eigenvalue weighted by molar-refractivity contribution is 5.86. The lowest BCUT2D eigenvalue weighted by Gasteiger charge is -2.09. The molecule has 0 amide bonds. The van der Waals surface area contributed by atoms with E-state index >= 15 is 0 Å². The molecule has 0 saturated carbocycles. The van der Waals surface area contributed by atoms with Crippen LogP contribution in [0.2, 0.25) is 0 Å². The van der Waals surface area contributed by atoms with Crippen LogP contribution in [0.1, 0.15) is 0 Å². The summed E-state index contributed by atoms with van der Waals surface area (Å²) in [4.78, 5) is 0. The number of benzene rings is 1. The van der Waals surface area contributed by atoms with Gasteiger partial charge >= 0.3 is 6.36 Å². The van der Waals surface area contributed by atoms with Gasteiger partial charge in [0.1, 0.15) is 0 Å². The van der Waals surface area contributed by atoms with E-state index in [9.17, 15) is 13.2 Å². The summed E-state index contributed by atoms with van der Waals surface area (Å²) in [6, 6.07) is 5.43. The summed E-state index contributed by atoms with van der Waals surface area (Å²) in [7, 11) is 0. The number of nitrogens with two attached hydrogens (primary N) is 1. The van der Waals surface area contributed by atoms with Crippen molar-refractivity contribution in [3.05, 3.63) is 24.3 Å². The monoisotopic (exact) mass is 285 g/mol. The van der Waals surface area contributed by atoms with E-state index in [1.807, 2.05) is 0 Å². The molecule has 15 heavy (non-hydrogen) atoms. The maximum absolute atomic E-state index is 11.6. The molecule has 2 nitrogen and oxygen atoms in total. The minimum Gasteiger partial charge on any atom is -0.404 e. The minimum atomic E-state index is -4.69. The van der Waals surface area contributed by atoms with Crippen molar-refractivity contribution in [2.24, 2.45) is 0 Å². The summed E-state index contributed by atoms with van der Waals surface area (Å²) in [5.74, 6) is -0.370. The third kappa shape index (κ3) is 7.41. The molecule has 0 bridgehead atoms. The summed E-state index contributed by atoms with van der Waals surface area (Å²) in [5, 5.41) is 0. The second-order valence-electron chi connectivity index (χ2n) is 2.09. The van der Waals surface area contributed by atoms with Gasteiger partial charge in [-0.1, -0.05) is 12.1 Å². The lowest BCUT2D eigenvalue weighted by atomic mass is 10.3. The third-order valence-corrected chi connectivity index (χ3v) is 1.14. The molecule has 1 aromatic rings. The van der Waals surface area contributed by atoms with Crippen LogP contribution in [0.4, 0.5) is 18.9 Å². The fourth-order valence-corrected chi connectivity index (χ4v) is 0.698. The van der Waals surface area contributed by atoms with E-state index in [-0.39, 0.29) is 48.7 Å². The first-order valence-corrected chi connectivity index (χ1v) is 3.09.